The zero-order valence-electron chi connectivity index (χ0n) is 13.1. The number of nitrogens with zero attached hydrogens (tertiary/aromatic N) is 1. The lowest BCUT2D eigenvalue weighted by Crippen LogP contribution is -2.19. The van der Waals surface area contributed by atoms with Crippen LogP contribution < -0.4 is 10.1 Å². The third-order valence-electron chi connectivity index (χ3n) is 4.65. The van der Waals surface area contributed by atoms with Crippen molar-refractivity contribution in [1.29, 1.82) is 0 Å². The van der Waals surface area contributed by atoms with E-state index in [1.54, 1.807) is 0 Å². The van der Waals surface area contributed by atoms with Crippen LogP contribution >= 0.6 is 0 Å². The van der Waals surface area contributed by atoms with Gasteiger partial charge in [-0.3, -0.25) is 0 Å². The van der Waals surface area contributed by atoms with Crippen LogP contribution in [0.15, 0.2) is 36.4 Å². The van der Waals surface area contributed by atoms with Gasteiger partial charge < -0.3 is 15.0 Å². The van der Waals surface area contributed by atoms with Gasteiger partial charge in [-0.1, -0.05) is 12.2 Å². The fourth-order valence-corrected chi connectivity index (χ4v) is 3.39. The Hall–Kier alpha value is -1.48. The van der Waals surface area contributed by atoms with Gasteiger partial charge in [0.25, 0.3) is 0 Å². The van der Waals surface area contributed by atoms with Crippen LogP contribution in [0.5, 0.6) is 5.75 Å². The second-order valence-electron chi connectivity index (χ2n) is 6.60. The molecule has 0 spiro atoms. The number of anilines is 1. The molecule has 1 N–H and O–H groups in total. The molecular weight excluding hydrogens is 260 g/mol. The summed E-state index contributed by atoms with van der Waals surface area (Å²) in [4.78, 5) is 2.12. The van der Waals surface area contributed by atoms with Crippen molar-refractivity contribution >= 4 is 5.69 Å². The SMILES string of the molecule is CN(C)CCOc1ccc(NCC2CC3C=CC2C3)cc1. The molecule has 0 aliphatic heterocycles. The fourth-order valence-electron chi connectivity index (χ4n) is 3.39. The third-order valence-corrected chi connectivity index (χ3v) is 4.65. The van der Waals surface area contributed by atoms with Gasteiger partial charge in [0.2, 0.25) is 0 Å². The smallest absolute Gasteiger partial charge is 0.119 e. The molecule has 3 heteroatoms. The Balaban J connectivity index is 1.43. The molecule has 2 bridgehead atoms. The number of nitrogens with one attached hydrogen (secondary N) is 1. The second-order valence-corrected chi connectivity index (χ2v) is 6.60. The molecule has 3 unspecified atom stereocenters. The van der Waals surface area contributed by atoms with Crippen molar-refractivity contribution in [2.24, 2.45) is 17.8 Å². The summed E-state index contributed by atoms with van der Waals surface area (Å²) in [5, 5.41) is 3.58. The molecule has 0 amide bonds. The average Bonchev–Trinajstić information content (AvgIpc) is 3.08. The minimum Gasteiger partial charge on any atom is -0.492 e. The van der Waals surface area contributed by atoms with Gasteiger partial charge in [-0.15, -0.1) is 0 Å². The molecule has 3 rings (SSSR count). The topological polar surface area (TPSA) is 24.5 Å². The minimum atomic E-state index is 0.733. The van der Waals surface area contributed by atoms with E-state index in [2.05, 4.69) is 60.7 Å². The molecule has 2 aliphatic carbocycles. The number of hydrogen-bond acceptors (Lipinski definition) is 3. The summed E-state index contributed by atoms with van der Waals surface area (Å²) in [7, 11) is 4.11. The van der Waals surface area contributed by atoms with Crippen molar-refractivity contribution in [3.05, 3.63) is 36.4 Å². The molecule has 3 atom stereocenters. The molecule has 1 saturated carbocycles. The van der Waals surface area contributed by atoms with E-state index >= 15 is 0 Å². The molecule has 114 valence electrons. The first kappa shape index (κ1) is 14.5. The standard InChI is InChI=1S/C18H26N2O/c1-20(2)9-10-21-18-7-5-17(6-8-18)19-13-16-12-14-3-4-15(16)11-14/h3-8,14-16,19H,9-13H2,1-2H3. The Bertz CT molecular complexity index is 480. The van der Waals surface area contributed by atoms with E-state index in [9.17, 15) is 0 Å². The van der Waals surface area contributed by atoms with Crippen LogP contribution in [0.2, 0.25) is 0 Å². The predicted molar refractivity (Wildman–Crippen MR) is 87.8 cm³/mol. The van der Waals surface area contributed by atoms with Gasteiger partial charge in [-0.25, -0.2) is 0 Å². The number of allylic oxidation sites excluding steroid dienone is 2. The Kier molecular flexibility index (Phi) is 4.49. The van der Waals surface area contributed by atoms with Crippen molar-refractivity contribution < 1.29 is 4.74 Å². The van der Waals surface area contributed by atoms with E-state index in [4.69, 9.17) is 4.74 Å². The molecule has 3 nitrogen and oxygen atoms in total. The highest BCUT2D eigenvalue weighted by Crippen LogP contribution is 2.43. The lowest BCUT2D eigenvalue weighted by Gasteiger charge is -2.19. The van der Waals surface area contributed by atoms with Crippen molar-refractivity contribution in [1.82, 2.24) is 4.90 Å². The van der Waals surface area contributed by atoms with Gasteiger partial charge in [0.1, 0.15) is 12.4 Å². The van der Waals surface area contributed by atoms with Crippen LogP contribution in [-0.4, -0.2) is 38.7 Å². The third kappa shape index (κ3) is 3.79. The molecular formula is C18H26N2O. The van der Waals surface area contributed by atoms with Crippen LogP contribution in [0.4, 0.5) is 5.69 Å². The van der Waals surface area contributed by atoms with Crippen LogP contribution in [0.25, 0.3) is 0 Å². The fraction of sp³-hybridized carbons (Fsp3) is 0.556. The molecule has 1 aromatic rings. The summed E-state index contributed by atoms with van der Waals surface area (Å²) in [6, 6.07) is 8.35. The van der Waals surface area contributed by atoms with E-state index < -0.39 is 0 Å². The van der Waals surface area contributed by atoms with E-state index in [1.807, 2.05) is 0 Å². The maximum absolute atomic E-state index is 5.71. The molecule has 1 aromatic carbocycles. The van der Waals surface area contributed by atoms with E-state index in [-0.39, 0.29) is 0 Å². The summed E-state index contributed by atoms with van der Waals surface area (Å²) in [5.74, 6) is 3.44. The lowest BCUT2D eigenvalue weighted by atomic mass is 9.93. The van der Waals surface area contributed by atoms with Gasteiger partial charge in [-0.2, -0.15) is 0 Å². The molecule has 0 heterocycles. The highest BCUT2D eigenvalue weighted by molar-refractivity contribution is 5.46. The molecule has 21 heavy (non-hydrogen) atoms. The number of fused-ring (bicyclic) bond motifs is 2. The van der Waals surface area contributed by atoms with Crippen LogP contribution in [0, 0.1) is 17.8 Å². The summed E-state index contributed by atoms with van der Waals surface area (Å²) in [5.41, 5.74) is 1.20. The Morgan fingerprint density at radius 2 is 1.95 bits per heavy atom. The van der Waals surface area contributed by atoms with Crippen molar-refractivity contribution in [2.45, 2.75) is 12.8 Å². The monoisotopic (exact) mass is 286 g/mol. The Morgan fingerprint density at radius 1 is 1.14 bits per heavy atom. The molecule has 0 saturated heterocycles. The minimum absolute atomic E-state index is 0.733. The number of benzene rings is 1. The Labute approximate surface area is 128 Å². The van der Waals surface area contributed by atoms with E-state index in [1.165, 1.54) is 18.5 Å². The first-order chi connectivity index (χ1) is 10.2. The highest BCUT2D eigenvalue weighted by Gasteiger charge is 2.35. The van der Waals surface area contributed by atoms with E-state index in [0.717, 1.165) is 43.2 Å². The number of ether oxygens (including phenoxy) is 1. The summed E-state index contributed by atoms with van der Waals surface area (Å²) in [6.07, 6.45) is 7.56. The maximum atomic E-state index is 5.71. The van der Waals surface area contributed by atoms with Gasteiger partial charge in [0.05, 0.1) is 0 Å². The predicted octanol–water partition coefficient (Wildman–Crippen LogP) is 3.25. The summed E-state index contributed by atoms with van der Waals surface area (Å²) >= 11 is 0. The normalized spacial score (nSPS) is 26.5. The van der Waals surface area contributed by atoms with Crippen LogP contribution in [0.3, 0.4) is 0 Å². The molecule has 0 aromatic heterocycles. The maximum Gasteiger partial charge on any atom is 0.119 e. The number of rotatable bonds is 7. The van der Waals surface area contributed by atoms with Gasteiger partial charge in [0, 0.05) is 18.8 Å². The van der Waals surface area contributed by atoms with Crippen LogP contribution in [-0.2, 0) is 0 Å². The zero-order chi connectivity index (χ0) is 14.7. The van der Waals surface area contributed by atoms with Gasteiger partial charge in [0.15, 0.2) is 0 Å². The molecule has 1 fully saturated rings. The Morgan fingerprint density at radius 3 is 2.57 bits per heavy atom. The zero-order valence-corrected chi connectivity index (χ0v) is 13.1. The van der Waals surface area contributed by atoms with Crippen molar-refractivity contribution in [3.8, 4) is 5.75 Å². The van der Waals surface area contributed by atoms with Crippen LogP contribution in [0.1, 0.15) is 12.8 Å². The first-order valence-corrected chi connectivity index (χ1v) is 8.00. The average molecular weight is 286 g/mol. The summed E-state index contributed by atoms with van der Waals surface area (Å²) in [6.45, 7) is 2.77. The number of likely N-dealkylation sites (N-methyl/N-ethyl adjacent to an activating group) is 1. The van der Waals surface area contributed by atoms with Crippen molar-refractivity contribution in [2.75, 3.05) is 39.1 Å². The first-order valence-electron chi connectivity index (χ1n) is 8.00. The van der Waals surface area contributed by atoms with Crippen molar-refractivity contribution in [3.63, 3.8) is 0 Å². The highest BCUT2D eigenvalue weighted by atomic mass is 16.5. The molecule has 2 aliphatic rings. The quantitative estimate of drug-likeness (QED) is 0.779. The number of hydrogen-bond donors (Lipinski definition) is 1. The summed E-state index contributed by atoms with van der Waals surface area (Å²) < 4.78 is 5.71. The van der Waals surface area contributed by atoms with Gasteiger partial charge >= 0.3 is 0 Å². The second kappa shape index (κ2) is 6.52. The van der Waals surface area contributed by atoms with Gasteiger partial charge in [-0.05, 0) is 69.0 Å². The largest absolute Gasteiger partial charge is 0.492 e. The van der Waals surface area contributed by atoms with E-state index in [0.29, 0.717) is 0 Å². The molecule has 0 radical (unpaired) electrons. The lowest BCUT2D eigenvalue weighted by molar-refractivity contribution is 0.261.